The van der Waals surface area contributed by atoms with Gasteiger partial charge in [0.1, 0.15) is 6.10 Å². The van der Waals surface area contributed by atoms with Gasteiger partial charge in [-0.05, 0) is 42.8 Å². The van der Waals surface area contributed by atoms with Crippen LogP contribution in [0.25, 0.3) is 5.82 Å². The molecule has 0 aliphatic rings. The minimum absolute atomic E-state index is 0.234. The summed E-state index contributed by atoms with van der Waals surface area (Å²) in [6.45, 7) is 2.91. The first kappa shape index (κ1) is 19.3. The number of guanidine groups is 1. The lowest BCUT2D eigenvalue weighted by atomic mass is 10.2. The maximum Gasteiger partial charge on any atom is 0.191 e. The summed E-state index contributed by atoms with van der Waals surface area (Å²) in [5.41, 5.74) is 1.04. The minimum atomic E-state index is -0.373. The van der Waals surface area contributed by atoms with Gasteiger partial charge < -0.3 is 15.4 Å². The van der Waals surface area contributed by atoms with Crippen LogP contribution >= 0.6 is 0 Å². The van der Waals surface area contributed by atoms with Crippen molar-refractivity contribution in [2.75, 3.05) is 13.6 Å². The van der Waals surface area contributed by atoms with Crippen molar-refractivity contribution in [3.8, 4) is 11.6 Å². The van der Waals surface area contributed by atoms with Crippen LogP contribution in [-0.2, 0) is 6.54 Å². The number of aromatic nitrogens is 3. The Kier molecular flexibility index (Phi) is 6.56. The van der Waals surface area contributed by atoms with Crippen molar-refractivity contribution in [3.05, 3.63) is 72.4 Å². The third kappa shape index (κ3) is 5.29. The van der Waals surface area contributed by atoms with Crippen LogP contribution in [0.5, 0.6) is 5.75 Å². The van der Waals surface area contributed by atoms with Gasteiger partial charge in [-0.25, -0.2) is 14.1 Å². The minimum Gasteiger partial charge on any atom is -0.486 e. The fraction of sp³-hybridized carbons (Fsp3) is 0.250. The van der Waals surface area contributed by atoms with E-state index in [1.807, 2.05) is 31.3 Å². The van der Waals surface area contributed by atoms with Gasteiger partial charge in [0.05, 0.1) is 6.54 Å². The molecule has 7 nitrogen and oxygen atoms in total. The lowest BCUT2D eigenvalue weighted by molar-refractivity contribution is 0.214. The van der Waals surface area contributed by atoms with Crippen LogP contribution in [0.3, 0.4) is 0 Å². The molecular weight excluding hydrogens is 359 g/mol. The van der Waals surface area contributed by atoms with E-state index in [2.05, 4.69) is 25.7 Å². The zero-order valence-corrected chi connectivity index (χ0v) is 15.8. The number of rotatable bonds is 7. The normalized spacial score (nSPS) is 12.5. The largest absolute Gasteiger partial charge is 0.486 e. The summed E-state index contributed by atoms with van der Waals surface area (Å²) in [5.74, 6) is 1.24. The molecule has 3 rings (SSSR count). The first-order valence-electron chi connectivity index (χ1n) is 8.96. The zero-order valence-electron chi connectivity index (χ0n) is 15.8. The highest BCUT2D eigenvalue weighted by Gasteiger charge is 2.09. The highest BCUT2D eigenvalue weighted by Crippen LogP contribution is 2.16. The van der Waals surface area contributed by atoms with Crippen molar-refractivity contribution in [3.63, 3.8) is 0 Å². The second-order valence-electron chi connectivity index (χ2n) is 6.14. The lowest BCUT2D eigenvalue weighted by Crippen LogP contribution is -2.41. The van der Waals surface area contributed by atoms with E-state index in [-0.39, 0.29) is 17.7 Å². The summed E-state index contributed by atoms with van der Waals surface area (Å²) in [6.07, 6.45) is 5.07. The number of aliphatic imine (C=N–C) groups is 1. The Morgan fingerprint density at radius 2 is 2.07 bits per heavy atom. The van der Waals surface area contributed by atoms with E-state index in [9.17, 15) is 4.39 Å². The van der Waals surface area contributed by atoms with Gasteiger partial charge in [-0.2, -0.15) is 5.10 Å². The fourth-order valence-electron chi connectivity index (χ4n) is 2.55. The number of halogens is 1. The lowest BCUT2D eigenvalue weighted by Gasteiger charge is -2.18. The Hall–Kier alpha value is -3.42. The molecule has 0 fully saturated rings. The second kappa shape index (κ2) is 9.50. The molecule has 146 valence electrons. The summed E-state index contributed by atoms with van der Waals surface area (Å²) in [7, 11) is 1.69. The van der Waals surface area contributed by atoms with Crippen LogP contribution in [0.15, 0.2) is 66.0 Å². The van der Waals surface area contributed by atoms with Gasteiger partial charge in [-0.1, -0.05) is 12.1 Å². The molecule has 2 aromatic heterocycles. The van der Waals surface area contributed by atoms with E-state index in [0.717, 1.165) is 11.4 Å². The van der Waals surface area contributed by atoms with Crippen molar-refractivity contribution in [1.29, 1.82) is 0 Å². The maximum absolute atomic E-state index is 13.7. The predicted octanol–water partition coefficient (Wildman–Crippen LogP) is 2.54. The van der Waals surface area contributed by atoms with Crippen molar-refractivity contribution in [1.82, 2.24) is 25.4 Å². The molecule has 0 spiro atoms. The number of nitrogens with zero attached hydrogens (tertiary/aromatic N) is 4. The first-order valence-corrected chi connectivity index (χ1v) is 8.96. The number of hydrogen-bond donors (Lipinski definition) is 2. The summed E-state index contributed by atoms with van der Waals surface area (Å²) in [6, 6.07) is 12.1. The number of hydrogen-bond acceptors (Lipinski definition) is 4. The molecule has 0 aliphatic carbocycles. The van der Waals surface area contributed by atoms with Gasteiger partial charge in [0.2, 0.25) is 0 Å². The Bertz CT molecular complexity index is 913. The molecule has 2 N–H and O–H groups in total. The molecule has 0 saturated carbocycles. The Labute approximate surface area is 163 Å². The Balaban J connectivity index is 1.50. The zero-order chi connectivity index (χ0) is 19.8. The van der Waals surface area contributed by atoms with E-state index < -0.39 is 0 Å². The van der Waals surface area contributed by atoms with E-state index >= 15 is 0 Å². The van der Waals surface area contributed by atoms with Gasteiger partial charge in [0, 0.05) is 32.2 Å². The topological polar surface area (TPSA) is 76.4 Å². The number of pyridine rings is 1. The average Bonchev–Trinajstić information content (AvgIpc) is 3.25. The van der Waals surface area contributed by atoms with Crippen molar-refractivity contribution >= 4 is 5.96 Å². The number of para-hydroxylation sites is 1. The molecule has 3 aromatic rings. The van der Waals surface area contributed by atoms with Crippen LogP contribution in [0, 0.1) is 5.82 Å². The summed E-state index contributed by atoms with van der Waals surface area (Å²) in [4.78, 5) is 8.52. The van der Waals surface area contributed by atoms with Gasteiger partial charge in [0.15, 0.2) is 23.3 Å². The maximum atomic E-state index is 13.7. The van der Waals surface area contributed by atoms with Crippen molar-refractivity contribution in [2.45, 2.75) is 19.6 Å². The van der Waals surface area contributed by atoms with Gasteiger partial charge in [-0.15, -0.1) is 0 Å². The number of benzene rings is 1. The van der Waals surface area contributed by atoms with E-state index in [4.69, 9.17) is 4.74 Å². The van der Waals surface area contributed by atoms with Crippen LogP contribution in [0.1, 0.15) is 12.5 Å². The fourth-order valence-corrected chi connectivity index (χ4v) is 2.55. The second-order valence-corrected chi connectivity index (χ2v) is 6.14. The molecule has 0 bridgehead atoms. The van der Waals surface area contributed by atoms with E-state index in [1.165, 1.54) is 6.07 Å². The summed E-state index contributed by atoms with van der Waals surface area (Å²) in [5, 5.41) is 10.6. The molecule has 1 unspecified atom stereocenters. The van der Waals surface area contributed by atoms with Gasteiger partial charge in [-0.3, -0.25) is 4.99 Å². The summed E-state index contributed by atoms with van der Waals surface area (Å²) < 4.78 is 21.0. The molecule has 2 heterocycles. The third-order valence-corrected chi connectivity index (χ3v) is 3.95. The molecule has 1 atom stereocenters. The van der Waals surface area contributed by atoms with Gasteiger partial charge in [0.25, 0.3) is 0 Å². The number of nitrogens with one attached hydrogen (secondary N) is 2. The average molecular weight is 382 g/mol. The smallest absolute Gasteiger partial charge is 0.191 e. The van der Waals surface area contributed by atoms with Crippen LogP contribution in [0.2, 0.25) is 0 Å². The Morgan fingerprint density at radius 3 is 2.82 bits per heavy atom. The molecular formula is C20H23FN6O. The summed E-state index contributed by atoms with van der Waals surface area (Å²) >= 11 is 0. The van der Waals surface area contributed by atoms with Crippen molar-refractivity contribution < 1.29 is 9.13 Å². The standard InChI is InChI=1S/C20H23FN6O/c1-15(28-18-7-4-3-6-17(18)21)13-24-20(22-2)25-14-16-8-10-23-19(12-16)27-11-5-9-26-27/h3-12,15H,13-14H2,1-2H3,(H2,22,24,25). The number of ether oxygens (including phenoxy) is 1. The highest BCUT2D eigenvalue weighted by atomic mass is 19.1. The molecule has 28 heavy (non-hydrogen) atoms. The monoisotopic (exact) mass is 382 g/mol. The SMILES string of the molecule is CN=C(NCc1ccnc(-n2cccn2)c1)NCC(C)Oc1ccccc1F. The Morgan fingerprint density at radius 1 is 1.21 bits per heavy atom. The molecule has 1 aromatic carbocycles. The molecule has 0 saturated heterocycles. The predicted molar refractivity (Wildman–Crippen MR) is 106 cm³/mol. The first-order chi connectivity index (χ1) is 13.7. The quantitative estimate of drug-likeness (QED) is 0.485. The third-order valence-electron chi connectivity index (χ3n) is 3.95. The van der Waals surface area contributed by atoms with Gasteiger partial charge >= 0.3 is 0 Å². The molecule has 0 amide bonds. The van der Waals surface area contributed by atoms with Crippen molar-refractivity contribution in [2.24, 2.45) is 4.99 Å². The van der Waals surface area contributed by atoms with Crippen LogP contribution < -0.4 is 15.4 Å². The molecule has 0 radical (unpaired) electrons. The molecule has 8 heteroatoms. The molecule has 0 aliphatic heterocycles. The highest BCUT2D eigenvalue weighted by molar-refractivity contribution is 5.79. The van der Waals surface area contributed by atoms with E-state index in [0.29, 0.717) is 19.0 Å². The van der Waals surface area contributed by atoms with Crippen LogP contribution in [-0.4, -0.2) is 40.4 Å². The van der Waals surface area contributed by atoms with E-state index in [1.54, 1.807) is 42.3 Å². The van der Waals surface area contributed by atoms with Crippen LogP contribution in [0.4, 0.5) is 4.39 Å².